The first-order valence-electron chi connectivity index (χ1n) is 7.24. The fourth-order valence-corrected chi connectivity index (χ4v) is 3.71. The molecule has 3 heteroatoms. The molecule has 3 aliphatic rings. The summed E-state index contributed by atoms with van der Waals surface area (Å²) in [5.74, 6) is 1.45. The molecule has 1 saturated carbocycles. The third-order valence-electron chi connectivity index (χ3n) is 4.77. The van der Waals surface area contributed by atoms with E-state index in [0.717, 1.165) is 23.1 Å². The van der Waals surface area contributed by atoms with Crippen molar-refractivity contribution in [3.05, 3.63) is 59.1 Å². The van der Waals surface area contributed by atoms with Crippen molar-refractivity contribution in [2.75, 3.05) is 0 Å². The van der Waals surface area contributed by atoms with Crippen molar-refractivity contribution in [2.45, 2.75) is 37.5 Å². The van der Waals surface area contributed by atoms with E-state index in [-0.39, 0.29) is 20.1 Å². The van der Waals surface area contributed by atoms with Gasteiger partial charge in [-0.25, -0.2) is 0 Å². The second kappa shape index (κ2) is 5.72. The summed E-state index contributed by atoms with van der Waals surface area (Å²) in [4.78, 5) is 8.11. The molecule has 2 bridgehead atoms. The van der Waals surface area contributed by atoms with Gasteiger partial charge in [0.1, 0.15) is 5.69 Å². The standard InChI is InChI=1S/C18H15N2.Ir/c1-19-15-4-2-3-14(9-15)18-10-16-12-5-7-13(8-6-12)17(16)11-20-18;/h2,4,9-13H,5-8H2;/q-1;. The quantitative estimate of drug-likeness (QED) is 0.567. The van der Waals surface area contributed by atoms with Gasteiger partial charge in [0.05, 0.1) is 6.57 Å². The monoisotopic (exact) mass is 452 g/mol. The van der Waals surface area contributed by atoms with Crippen LogP contribution in [0.4, 0.5) is 5.69 Å². The van der Waals surface area contributed by atoms with Crippen molar-refractivity contribution in [2.24, 2.45) is 0 Å². The largest absolute Gasteiger partial charge is 0.304 e. The summed E-state index contributed by atoms with van der Waals surface area (Å²) < 4.78 is 0. The molecule has 0 atom stereocenters. The second-order valence-corrected chi connectivity index (χ2v) is 5.82. The van der Waals surface area contributed by atoms with Crippen LogP contribution < -0.4 is 0 Å². The van der Waals surface area contributed by atoms with Gasteiger partial charge in [-0.1, -0.05) is 6.07 Å². The average Bonchev–Trinajstić information content (AvgIpc) is 2.56. The summed E-state index contributed by atoms with van der Waals surface area (Å²) in [6.07, 6.45) is 7.38. The van der Waals surface area contributed by atoms with Gasteiger partial charge < -0.3 is 4.98 Å². The minimum atomic E-state index is 0. The van der Waals surface area contributed by atoms with Crippen molar-refractivity contribution in [1.29, 1.82) is 0 Å². The Balaban J connectivity index is 0.00000132. The molecule has 0 amide bonds. The molecule has 0 N–H and O–H groups in total. The molecule has 1 aromatic heterocycles. The minimum absolute atomic E-state index is 0. The number of hydrogen-bond donors (Lipinski definition) is 0. The van der Waals surface area contributed by atoms with E-state index in [9.17, 15) is 0 Å². The van der Waals surface area contributed by atoms with Gasteiger partial charge in [-0.3, -0.25) is 4.85 Å². The maximum absolute atomic E-state index is 7.11. The zero-order valence-corrected chi connectivity index (χ0v) is 14.0. The fraction of sp³-hybridized carbons (Fsp3) is 0.333. The van der Waals surface area contributed by atoms with Crippen molar-refractivity contribution in [3.8, 4) is 11.3 Å². The number of hydrogen-bond acceptors (Lipinski definition) is 1. The van der Waals surface area contributed by atoms with Crippen molar-refractivity contribution in [3.63, 3.8) is 0 Å². The van der Waals surface area contributed by atoms with Crippen LogP contribution in [0.3, 0.4) is 0 Å². The molecule has 3 aliphatic carbocycles. The average molecular weight is 452 g/mol. The van der Waals surface area contributed by atoms with E-state index in [1.165, 1.54) is 36.8 Å². The number of pyridine rings is 1. The minimum Gasteiger partial charge on any atom is -0.304 e. The Bertz CT molecular complexity index is 709. The third-order valence-corrected chi connectivity index (χ3v) is 4.77. The van der Waals surface area contributed by atoms with E-state index < -0.39 is 0 Å². The Kier molecular flexibility index (Phi) is 3.93. The molecule has 0 spiro atoms. The Morgan fingerprint density at radius 1 is 1.10 bits per heavy atom. The van der Waals surface area contributed by atoms with Crippen LogP contribution >= 0.6 is 0 Å². The molecular weight excluding hydrogens is 436 g/mol. The van der Waals surface area contributed by atoms with Crippen LogP contribution in [0.1, 0.15) is 48.6 Å². The van der Waals surface area contributed by atoms with Gasteiger partial charge in [0, 0.05) is 26.3 Å². The Labute approximate surface area is 138 Å². The zero-order valence-electron chi connectivity index (χ0n) is 11.6. The molecule has 5 rings (SSSR count). The first kappa shape index (κ1) is 14.4. The van der Waals surface area contributed by atoms with Crippen LogP contribution in [-0.4, -0.2) is 4.98 Å². The Hall–Kier alpha value is -1.49. The molecule has 21 heavy (non-hydrogen) atoms. The van der Waals surface area contributed by atoms with Crippen LogP contribution in [-0.2, 0) is 20.1 Å². The van der Waals surface area contributed by atoms with Crippen molar-refractivity contribution < 1.29 is 20.1 Å². The van der Waals surface area contributed by atoms with Gasteiger partial charge in [0.2, 0.25) is 0 Å². The van der Waals surface area contributed by atoms with Gasteiger partial charge >= 0.3 is 0 Å². The van der Waals surface area contributed by atoms with Gasteiger partial charge in [-0.2, -0.15) is 6.07 Å². The van der Waals surface area contributed by atoms with E-state index in [2.05, 4.69) is 28.2 Å². The van der Waals surface area contributed by atoms with Crippen molar-refractivity contribution >= 4 is 5.69 Å². The first-order chi connectivity index (χ1) is 9.85. The molecule has 2 nitrogen and oxygen atoms in total. The first-order valence-corrected chi connectivity index (χ1v) is 7.24. The summed E-state index contributed by atoms with van der Waals surface area (Å²) in [6, 6.07) is 10.9. The smallest absolute Gasteiger partial charge is 0.108 e. The molecule has 107 valence electrons. The topological polar surface area (TPSA) is 17.2 Å². The fourth-order valence-electron chi connectivity index (χ4n) is 3.71. The molecular formula is C18H15IrN2-. The number of fused-ring (bicyclic) bond motifs is 2. The Morgan fingerprint density at radius 3 is 2.52 bits per heavy atom. The van der Waals surface area contributed by atoms with Crippen molar-refractivity contribution in [1.82, 2.24) is 4.98 Å². The van der Waals surface area contributed by atoms with Crippen LogP contribution in [0, 0.1) is 12.6 Å². The number of rotatable bonds is 1. The Morgan fingerprint density at radius 2 is 1.81 bits per heavy atom. The molecule has 0 saturated heterocycles. The van der Waals surface area contributed by atoms with Gasteiger partial charge in [-0.05, 0) is 54.3 Å². The molecule has 1 fully saturated rings. The van der Waals surface area contributed by atoms with E-state index in [4.69, 9.17) is 6.57 Å². The van der Waals surface area contributed by atoms with Gasteiger partial charge in [0.15, 0.2) is 0 Å². The normalized spacial score (nSPS) is 22.0. The number of nitrogens with zero attached hydrogens (tertiary/aromatic N) is 2. The summed E-state index contributed by atoms with van der Waals surface area (Å²) in [5.41, 5.74) is 5.51. The third kappa shape index (κ3) is 2.44. The summed E-state index contributed by atoms with van der Waals surface area (Å²) in [6.45, 7) is 7.11. The molecule has 1 radical (unpaired) electrons. The maximum atomic E-state index is 7.11. The summed E-state index contributed by atoms with van der Waals surface area (Å²) in [5, 5.41) is 0. The number of benzene rings is 1. The van der Waals surface area contributed by atoms with Crippen LogP contribution in [0.5, 0.6) is 0 Å². The summed E-state index contributed by atoms with van der Waals surface area (Å²) >= 11 is 0. The zero-order chi connectivity index (χ0) is 13.5. The van der Waals surface area contributed by atoms with E-state index in [0.29, 0.717) is 5.69 Å². The molecule has 2 aromatic rings. The number of aromatic nitrogens is 1. The molecule has 0 unspecified atom stereocenters. The van der Waals surface area contributed by atoms with Crippen LogP contribution in [0.15, 0.2) is 30.5 Å². The van der Waals surface area contributed by atoms with E-state index in [1.807, 2.05) is 12.1 Å². The molecule has 1 aromatic carbocycles. The van der Waals surface area contributed by atoms with Gasteiger partial charge in [0.25, 0.3) is 0 Å². The molecule has 0 aliphatic heterocycles. The van der Waals surface area contributed by atoms with E-state index in [1.54, 1.807) is 6.07 Å². The second-order valence-electron chi connectivity index (χ2n) is 5.82. The molecule has 1 heterocycles. The van der Waals surface area contributed by atoms with E-state index >= 15 is 0 Å². The van der Waals surface area contributed by atoms with Crippen LogP contribution in [0.2, 0.25) is 0 Å². The summed E-state index contributed by atoms with van der Waals surface area (Å²) in [7, 11) is 0. The predicted molar refractivity (Wildman–Crippen MR) is 78.7 cm³/mol. The maximum Gasteiger partial charge on any atom is 0.108 e. The van der Waals surface area contributed by atoms with Crippen LogP contribution in [0.25, 0.3) is 16.1 Å². The SMILES string of the molecule is [C-]#[N+]c1cc[c-]c(-c2cc3c(cn2)C2CCC3CC2)c1.[Ir]. The predicted octanol–water partition coefficient (Wildman–Crippen LogP) is 4.85. The van der Waals surface area contributed by atoms with Gasteiger partial charge in [-0.15, -0.1) is 23.8 Å².